The van der Waals surface area contributed by atoms with Gasteiger partial charge >= 0.3 is 0 Å². The van der Waals surface area contributed by atoms with Gasteiger partial charge in [0.2, 0.25) is 5.96 Å². The Kier molecular flexibility index (Phi) is 2.74. The Morgan fingerprint density at radius 2 is 2.25 bits per heavy atom. The minimum atomic E-state index is -0.110. The molecular formula is C9H9ClN6. The summed E-state index contributed by atoms with van der Waals surface area (Å²) >= 11 is 5.95. The molecule has 2 rings (SSSR count). The highest BCUT2D eigenvalue weighted by Crippen LogP contribution is 2.15. The fourth-order valence-corrected chi connectivity index (χ4v) is 1.48. The van der Waals surface area contributed by atoms with Crippen LogP contribution in [0.2, 0.25) is 5.15 Å². The fourth-order valence-electron chi connectivity index (χ4n) is 1.25. The van der Waals surface area contributed by atoms with E-state index >= 15 is 0 Å². The Balaban J connectivity index is 2.47. The summed E-state index contributed by atoms with van der Waals surface area (Å²) < 4.78 is 1.79. The number of rotatable bonds is 2. The number of halogens is 1. The van der Waals surface area contributed by atoms with Crippen molar-refractivity contribution >= 4 is 29.4 Å². The molecule has 0 aliphatic heterocycles. The Bertz CT molecular complexity index is 566. The molecule has 7 heteroatoms. The van der Waals surface area contributed by atoms with Crippen LogP contribution in [-0.4, -0.2) is 21.6 Å². The molecule has 6 nitrogen and oxygen atoms in total. The molecule has 2 heterocycles. The molecule has 82 valence electrons. The zero-order valence-corrected chi connectivity index (χ0v) is 8.96. The molecule has 2 aromatic heterocycles. The molecule has 0 spiro atoms. The van der Waals surface area contributed by atoms with Gasteiger partial charge in [-0.2, -0.15) is 5.10 Å². The number of nitrogens with zero attached hydrogens (tertiary/aromatic N) is 4. The Hall–Kier alpha value is -2.08. The largest absolute Gasteiger partial charge is 0.369 e. The summed E-state index contributed by atoms with van der Waals surface area (Å²) in [5.41, 5.74) is 11.6. The maximum Gasteiger partial charge on any atom is 0.211 e. The number of guanidine groups is 1. The van der Waals surface area contributed by atoms with Crippen molar-refractivity contribution in [1.29, 1.82) is 0 Å². The van der Waals surface area contributed by atoms with E-state index in [2.05, 4.69) is 15.2 Å². The van der Waals surface area contributed by atoms with Crippen LogP contribution in [0.4, 0.5) is 0 Å². The van der Waals surface area contributed by atoms with Crippen molar-refractivity contribution in [1.82, 2.24) is 9.38 Å². The number of pyridine rings is 1. The number of fused-ring (bicyclic) bond motifs is 1. The van der Waals surface area contributed by atoms with E-state index in [1.54, 1.807) is 4.40 Å². The number of aromatic nitrogens is 2. The first-order valence-electron chi connectivity index (χ1n) is 4.43. The molecule has 0 fully saturated rings. The summed E-state index contributed by atoms with van der Waals surface area (Å²) in [6.07, 6.45) is 3.27. The Morgan fingerprint density at radius 3 is 3.00 bits per heavy atom. The average Bonchev–Trinajstić information content (AvgIpc) is 2.55. The molecule has 16 heavy (non-hydrogen) atoms. The third-order valence-electron chi connectivity index (χ3n) is 1.88. The average molecular weight is 237 g/mol. The highest BCUT2D eigenvalue weighted by atomic mass is 35.5. The minimum Gasteiger partial charge on any atom is -0.369 e. The van der Waals surface area contributed by atoms with Crippen LogP contribution in [0, 0.1) is 0 Å². The summed E-state index contributed by atoms with van der Waals surface area (Å²) in [5, 5.41) is 7.53. The SMILES string of the molecule is NC(N)=NN=Cc1c(Cl)nc2ccccn12. The summed E-state index contributed by atoms with van der Waals surface area (Å²) in [6, 6.07) is 5.57. The smallest absolute Gasteiger partial charge is 0.211 e. The topological polar surface area (TPSA) is 94.1 Å². The normalized spacial score (nSPS) is 11.1. The second kappa shape index (κ2) is 4.19. The van der Waals surface area contributed by atoms with Gasteiger partial charge in [0.1, 0.15) is 11.3 Å². The molecule has 0 saturated heterocycles. The minimum absolute atomic E-state index is 0.110. The van der Waals surface area contributed by atoms with E-state index in [0.29, 0.717) is 10.8 Å². The zero-order chi connectivity index (χ0) is 11.5. The van der Waals surface area contributed by atoms with E-state index in [1.165, 1.54) is 6.21 Å². The van der Waals surface area contributed by atoms with Crippen molar-refractivity contribution in [2.75, 3.05) is 0 Å². The van der Waals surface area contributed by atoms with E-state index in [4.69, 9.17) is 23.1 Å². The van der Waals surface area contributed by atoms with Crippen LogP contribution in [0.25, 0.3) is 5.65 Å². The van der Waals surface area contributed by atoms with Crippen LogP contribution in [0.5, 0.6) is 0 Å². The third-order valence-corrected chi connectivity index (χ3v) is 2.15. The first-order valence-corrected chi connectivity index (χ1v) is 4.81. The van der Waals surface area contributed by atoms with Gasteiger partial charge in [0, 0.05) is 6.20 Å². The molecule has 0 saturated carbocycles. The molecule has 0 unspecified atom stereocenters. The van der Waals surface area contributed by atoms with Crippen LogP contribution in [0.15, 0.2) is 34.6 Å². The van der Waals surface area contributed by atoms with E-state index in [9.17, 15) is 0 Å². The quantitative estimate of drug-likeness (QED) is 0.454. The third kappa shape index (κ3) is 1.96. The molecule has 0 aromatic carbocycles. The summed E-state index contributed by atoms with van der Waals surface area (Å²) in [5.74, 6) is -0.110. The van der Waals surface area contributed by atoms with Crippen molar-refractivity contribution in [2.45, 2.75) is 0 Å². The van der Waals surface area contributed by atoms with E-state index in [0.717, 1.165) is 5.65 Å². The Labute approximate surface area is 96.2 Å². The lowest BCUT2D eigenvalue weighted by Crippen LogP contribution is -2.21. The van der Waals surface area contributed by atoms with Crippen LogP contribution >= 0.6 is 11.6 Å². The van der Waals surface area contributed by atoms with Crippen molar-refractivity contribution in [2.24, 2.45) is 21.7 Å². The zero-order valence-electron chi connectivity index (χ0n) is 8.21. The van der Waals surface area contributed by atoms with Crippen LogP contribution in [0.1, 0.15) is 5.69 Å². The fraction of sp³-hybridized carbons (Fsp3) is 0. The van der Waals surface area contributed by atoms with Crippen LogP contribution in [0.3, 0.4) is 0 Å². The van der Waals surface area contributed by atoms with Crippen molar-refractivity contribution in [3.63, 3.8) is 0 Å². The highest BCUT2D eigenvalue weighted by molar-refractivity contribution is 6.32. The Morgan fingerprint density at radius 1 is 1.44 bits per heavy atom. The van der Waals surface area contributed by atoms with Gasteiger partial charge in [-0.25, -0.2) is 4.98 Å². The van der Waals surface area contributed by atoms with Gasteiger partial charge < -0.3 is 11.5 Å². The summed E-state index contributed by atoms with van der Waals surface area (Å²) in [6.45, 7) is 0. The molecule has 0 aliphatic carbocycles. The van der Waals surface area contributed by atoms with Gasteiger partial charge in [-0.1, -0.05) is 17.7 Å². The van der Waals surface area contributed by atoms with E-state index < -0.39 is 0 Å². The molecule has 2 aromatic rings. The second-order valence-corrected chi connectivity index (χ2v) is 3.34. The predicted molar refractivity (Wildman–Crippen MR) is 63.6 cm³/mol. The number of imidazole rings is 1. The van der Waals surface area contributed by atoms with Crippen LogP contribution in [-0.2, 0) is 0 Å². The highest BCUT2D eigenvalue weighted by Gasteiger charge is 2.06. The van der Waals surface area contributed by atoms with Gasteiger partial charge in [-0.15, -0.1) is 5.10 Å². The van der Waals surface area contributed by atoms with E-state index in [-0.39, 0.29) is 5.96 Å². The van der Waals surface area contributed by atoms with Gasteiger partial charge in [0.25, 0.3) is 0 Å². The lowest BCUT2D eigenvalue weighted by atomic mass is 10.4. The molecule has 0 bridgehead atoms. The first kappa shape index (κ1) is 10.4. The van der Waals surface area contributed by atoms with Gasteiger partial charge in [-0.05, 0) is 12.1 Å². The monoisotopic (exact) mass is 236 g/mol. The second-order valence-electron chi connectivity index (χ2n) is 2.99. The first-order chi connectivity index (χ1) is 7.68. The van der Waals surface area contributed by atoms with E-state index in [1.807, 2.05) is 24.4 Å². The molecule has 4 N–H and O–H groups in total. The number of hydrogen-bond acceptors (Lipinski definition) is 3. The van der Waals surface area contributed by atoms with Crippen molar-refractivity contribution in [3.05, 3.63) is 35.2 Å². The standard InChI is InChI=1S/C9H9ClN6/c10-8-6(5-13-15-9(11)12)16-4-2-1-3-7(16)14-8/h1-5H,(H4,11,12,15). The molecule has 0 amide bonds. The maximum atomic E-state index is 5.95. The summed E-state index contributed by atoms with van der Waals surface area (Å²) in [4.78, 5) is 4.14. The molecule has 0 radical (unpaired) electrons. The summed E-state index contributed by atoms with van der Waals surface area (Å²) in [7, 11) is 0. The molecular weight excluding hydrogens is 228 g/mol. The number of nitrogens with two attached hydrogens (primary N) is 2. The molecule has 0 aliphatic rings. The molecule has 0 atom stereocenters. The predicted octanol–water partition coefficient (Wildman–Crippen LogP) is 0.595. The van der Waals surface area contributed by atoms with Gasteiger partial charge in [0.15, 0.2) is 5.15 Å². The van der Waals surface area contributed by atoms with Gasteiger partial charge in [0.05, 0.1) is 6.21 Å². The van der Waals surface area contributed by atoms with Crippen molar-refractivity contribution < 1.29 is 0 Å². The van der Waals surface area contributed by atoms with Crippen molar-refractivity contribution in [3.8, 4) is 0 Å². The maximum absolute atomic E-state index is 5.95. The number of hydrogen-bond donors (Lipinski definition) is 2. The van der Waals surface area contributed by atoms with Gasteiger partial charge in [-0.3, -0.25) is 4.40 Å². The lowest BCUT2D eigenvalue weighted by Gasteiger charge is -1.93. The lowest BCUT2D eigenvalue weighted by molar-refractivity contribution is 1.15. The van der Waals surface area contributed by atoms with Crippen LogP contribution < -0.4 is 11.5 Å².